The molecule has 106 valence electrons. The molecule has 0 spiro atoms. The van der Waals surface area contributed by atoms with Crippen LogP contribution >= 0.6 is 0 Å². The fourth-order valence-electron chi connectivity index (χ4n) is 2.30. The number of carbonyl (C=O) groups is 1. The van der Waals surface area contributed by atoms with Crippen LogP contribution in [0.25, 0.3) is 0 Å². The van der Waals surface area contributed by atoms with Crippen LogP contribution in [0.2, 0.25) is 0 Å². The minimum absolute atomic E-state index is 0.244. The molecule has 2 atom stereocenters. The second-order valence-corrected chi connectivity index (χ2v) is 4.70. The summed E-state index contributed by atoms with van der Waals surface area (Å²) in [6, 6.07) is 4.81. The number of hydrogen-bond donors (Lipinski definition) is 1. The molecule has 0 saturated carbocycles. The van der Waals surface area contributed by atoms with E-state index >= 15 is 0 Å². The molecule has 0 aliphatic carbocycles. The van der Waals surface area contributed by atoms with Crippen molar-refractivity contribution in [3.05, 3.63) is 29.1 Å². The molecule has 0 aromatic carbocycles. The van der Waals surface area contributed by atoms with E-state index in [-0.39, 0.29) is 24.2 Å². The molecule has 1 aromatic heterocycles. The number of likely N-dealkylation sites (N-methyl/N-ethyl adjacent to an activating group) is 1. The van der Waals surface area contributed by atoms with Crippen LogP contribution in [0.1, 0.15) is 28.7 Å². The minimum Gasteiger partial charge on any atom is -0.388 e. The van der Waals surface area contributed by atoms with Crippen LogP contribution in [0.4, 0.5) is 0 Å². The molecule has 6 nitrogen and oxygen atoms in total. The number of aryl methyl sites for hydroxylation is 1. The van der Waals surface area contributed by atoms with Gasteiger partial charge in [0, 0.05) is 6.54 Å². The molecule has 1 aliphatic rings. The Morgan fingerprint density at radius 2 is 2.35 bits per heavy atom. The number of pyridine rings is 1. The lowest BCUT2D eigenvalue weighted by Crippen LogP contribution is -2.46. The molecule has 0 bridgehead atoms. The van der Waals surface area contributed by atoms with Gasteiger partial charge in [-0.3, -0.25) is 4.79 Å². The Hall–Kier alpha value is -1.97. The van der Waals surface area contributed by atoms with Crippen molar-refractivity contribution >= 4 is 5.91 Å². The van der Waals surface area contributed by atoms with Crippen molar-refractivity contribution in [2.75, 3.05) is 19.8 Å². The lowest BCUT2D eigenvalue weighted by Gasteiger charge is -2.28. The highest BCUT2D eigenvalue weighted by Crippen LogP contribution is 2.16. The van der Waals surface area contributed by atoms with Crippen LogP contribution in [0.5, 0.6) is 0 Å². The molecule has 1 fully saturated rings. The van der Waals surface area contributed by atoms with E-state index in [0.29, 0.717) is 24.4 Å². The summed E-state index contributed by atoms with van der Waals surface area (Å²) in [5, 5.41) is 18.7. The fraction of sp³-hybridized carbons (Fsp3) is 0.500. The standard InChI is InChI=1S/C14H17N3O3/c1-3-17(12-7-20-8-13(12)18)14(19)11-5-4-10(6-15)9(2)16-11/h4-5,12-13,18H,3,7-8H2,1-2H3/t12-,13-/m1/s1. The van der Waals surface area contributed by atoms with Gasteiger partial charge in [-0.05, 0) is 26.0 Å². The summed E-state index contributed by atoms with van der Waals surface area (Å²) in [5.41, 5.74) is 1.26. The van der Waals surface area contributed by atoms with Gasteiger partial charge in [0.25, 0.3) is 5.91 Å². The number of hydrogen-bond acceptors (Lipinski definition) is 5. The first-order valence-corrected chi connectivity index (χ1v) is 6.53. The first-order chi connectivity index (χ1) is 9.58. The second-order valence-electron chi connectivity index (χ2n) is 4.70. The quantitative estimate of drug-likeness (QED) is 0.867. The van der Waals surface area contributed by atoms with Gasteiger partial charge in [-0.1, -0.05) is 0 Å². The summed E-state index contributed by atoms with van der Waals surface area (Å²) in [4.78, 5) is 18.2. The minimum atomic E-state index is -0.668. The predicted molar refractivity (Wildman–Crippen MR) is 71.0 cm³/mol. The van der Waals surface area contributed by atoms with Gasteiger partial charge < -0.3 is 14.7 Å². The summed E-state index contributed by atoms with van der Waals surface area (Å²) < 4.78 is 5.19. The molecule has 6 heteroatoms. The van der Waals surface area contributed by atoms with Crippen molar-refractivity contribution in [1.29, 1.82) is 5.26 Å². The van der Waals surface area contributed by atoms with E-state index in [1.807, 2.05) is 13.0 Å². The van der Waals surface area contributed by atoms with Gasteiger partial charge >= 0.3 is 0 Å². The Bertz CT molecular complexity index is 553. The average molecular weight is 275 g/mol. The topological polar surface area (TPSA) is 86.5 Å². The molecule has 1 amide bonds. The van der Waals surface area contributed by atoms with Gasteiger partial charge in [0.2, 0.25) is 0 Å². The number of amides is 1. The molecule has 2 rings (SSSR count). The maximum absolute atomic E-state index is 12.5. The van der Waals surface area contributed by atoms with Gasteiger partial charge in [0.1, 0.15) is 11.8 Å². The van der Waals surface area contributed by atoms with E-state index in [0.717, 1.165) is 0 Å². The van der Waals surface area contributed by atoms with Crippen molar-refractivity contribution in [3.8, 4) is 6.07 Å². The number of carbonyl (C=O) groups excluding carboxylic acids is 1. The molecule has 0 unspecified atom stereocenters. The van der Waals surface area contributed by atoms with Crippen molar-refractivity contribution in [3.63, 3.8) is 0 Å². The molecule has 20 heavy (non-hydrogen) atoms. The third-order valence-electron chi connectivity index (χ3n) is 3.45. The zero-order chi connectivity index (χ0) is 14.7. The smallest absolute Gasteiger partial charge is 0.272 e. The number of nitriles is 1. The van der Waals surface area contributed by atoms with E-state index in [2.05, 4.69) is 4.98 Å². The molecule has 1 aliphatic heterocycles. The number of aromatic nitrogens is 1. The first-order valence-electron chi connectivity index (χ1n) is 6.53. The van der Waals surface area contributed by atoms with E-state index in [1.165, 1.54) is 0 Å². The third-order valence-corrected chi connectivity index (χ3v) is 3.45. The van der Waals surface area contributed by atoms with Gasteiger partial charge in [-0.25, -0.2) is 4.98 Å². The molecule has 1 aromatic rings. The zero-order valence-corrected chi connectivity index (χ0v) is 11.5. The van der Waals surface area contributed by atoms with Crippen molar-refractivity contribution in [1.82, 2.24) is 9.88 Å². The average Bonchev–Trinajstić information content (AvgIpc) is 2.86. The lowest BCUT2D eigenvalue weighted by molar-refractivity contribution is 0.0515. The highest BCUT2D eigenvalue weighted by molar-refractivity contribution is 5.92. The van der Waals surface area contributed by atoms with Crippen LogP contribution in [-0.4, -0.2) is 52.8 Å². The van der Waals surface area contributed by atoms with E-state index in [1.54, 1.807) is 24.0 Å². The zero-order valence-electron chi connectivity index (χ0n) is 11.5. The van der Waals surface area contributed by atoms with Crippen molar-refractivity contribution < 1.29 is 14.6 Å². The molecule has 2 heterocycles. The first kappa shape index (κ1) is 14.4. The van der Waals surface area contributed by atoms with E-state index in [9.17, 15) is 9.90 Å². The summed E-state index contributed by atoms with van der Waals surface area (Å²) in [6.45, 7) is 4.58. The number of nitrogens with zero attached hydrogens (tertiary/aromatic N) is 3. The highest BCUT2D eigenvalue weighted by atomic mass is 16.5. The summed E-state index contributed by atoms with van der Waals surface area (Å²) >= 11 is 0. The summed E-state index contributed by atoms with van der Waals surface area (Å²) in [7, 11) is 0. The van der Waals surface area contributed by atoms with Crippen molar-refractivity contribution in [2.45, 2.75) is 26.0 Å². The SMILES string of the molecule is CCN(C(=O)c1ccc(C#N)c(C)n1)[C@@H]1COC[C@H]1O. The Balaban J connectivity index is 2.25. The highest BCUT2D eigenvalue weighted by Gasteiger charge is 2.34. The normalized spacial score (nSPS) is 21.5. The van der Waals surface area contributed by atoms with Crippen LogP contribution in [0.3, 0.4) is 0 Å². The maximum Gasteiger partial charge on any atom is 0.272 e. The van der Waals surface area contributed by atoms with E-state index < -0.39 is 6.10 Å². The van der Waals surface area contributed by atoms with Crippen molar-refractivity contribution in [2.24, 2.45) is 0 Å². The molecule has 1 saturated heterocycles. The Morgan fingerprint density at radius 1 is 1.60 bits per heavy atom. The summed E-state index contributed by atoms with van der Waals surface area (Å²) in [5.74, 6) is -0.255. The number of ether oxygens (including phenoxy) is 1. The molecule has 1 N–H and O–H groups in total. The monoisotopic (exact) mass is 275 g/mol. The number of rotatable bonds is 3. The lowest BCUT2D eigenvalue weighted by atomic mass is 10.1. The third kappa shape index (κ3) is 2.64. The van der Waals surface area contributed by atoms with Crippen LogP contribution in [-0.2, 0) is 4.74 Å². The van der Waals surface area contributed by atoms with Crippen LogP contribution in [0.15, 0.2) is 12.1 Å². The number of aliphatic hydroxyl groups is 1. The largest absolute Gasteiger partial charge is 0.388 e. The van der Waals surface area contributed by atoms with Gasteiger partial charge in [-0.15, -0.1) is 0 Å². The van der Waals surface area contributed by atoms with Gasteiger partial charge in [-0.2, -0.15) is 5.26 Å². The van der Waals surface area contributed by atoms with Crippen LogP contribution < -0.4 is 0 Å². The Labute approximate surface area is 117 Å². The van der Waals surface area contributed by atoms with E-state index in [4.69, 9.17) is 10.00 Å². The summed E-state index contributed by atoms with van der Waals surface area (Å²) in [6.07, 6.45) is -0.668. The fourth-order valence-corrected chi connectivity index (χ4v) is 2.30. The van der Waals surface area contributed by atoms with Crippen LogP contribution in [0, 0.1) is 18.3 Å². The molecular weight excluding hydrogens is 258 g/mol. The maximum atomic E-state index is 12.5. The molecular formula is C14H17N3O3. The van der Waals surface area contributed by atoms with Gasteiger partial charge in [0.05, 0.1) is 36.6 Å². The Kier molecular flexibility index (Phi) is 4.32. The molecule has 0 radical (unpaired) electrons. The number of aliphatic hydroxyl groups excluding tert-OH is 1. The second kappa shape index (κ2) is 5.99. The predicted octanol–water partition coefficient (Wildman–Crippen LogP) is 0.483. The Morgan fingerprint density at radius 3 is 2.85 bits per heavy atom. The van der Waals surface area contributed by atoms with Gasteiger partial charge in [0.15, 0.2) is 0 Å².